The summed E-state index contributed by atoms with van der Waals surface area (Å²) >= 11 is 0. The van der Waals surface area contributed by atoms with Crippen LogP contribution in [-0.2, 0) is 6.54 Å². The highest BCUT2D eigenvalue weighted by atomic mass is 15.2. The molecule has 0 amide bonds. The van der Waals surface area contributed by atoms with Crippen LogP contribution in [0.2, 0.25) is 0 Å². The van der Waals surface area contributed by atoms with Gasteiger partial charge in [-0.2, -0.15) is 0 Å². The van der Waals surface area contributed by atoms with E-state index < -0.39 is 0 Å². The van der Waals surface area contributed by atoms with Crippen molar-refractivity contribution in [3.05, 3.63) is 30.1 Å². The van der Waals surface area contributed by atoms with Crippen molar-refractivity contribution in [1.29, 1.82) is 0 Å². The molecule has 1 saturated heterocycles. The van der Waals surface area contributed by atoms with E-state index in [1.54, 1.807) is 0 Å². The lowest BCUT2D eigenvalue weighted by Crippen LogP contribution is -2.46. The summed E-state index contributed by atoms with van der Waals surface area (Å²) in [6, 6.07) is 4.80. The summed E-state index contributed by atoms with van der Waals surface area (Å²) in [5.74, 6) is 0. The molecule has 100 valence electrons. The van der Waals surface area contributed by atoms with E-state index in [4.69, 9.17) is 0 Å². The van der Waals surface area contributed by atoms with E-state index in [0.29, 0.717) is 11.5 Å². The normalized spacial score (nSPS) is 22.7. The number of nitrogens with zero attached hydrogens (tertiary/aromatic N) is 2. The van der Waals surface area contributed by atoms with Crippen molar-refractivity contribution in [3.8, 4) is 0 Å². The standard InChI is InChI=1S/C15H25N3/c1-15(2,3)14-12-18(10-4-7-17-14)11-13-5-8-16-9-6-13/h5-6,8-9,14,17H,4,7,10-12H2,1-3H3. The molecule has 0 aromatic carbocycles. The van der Waals surface area contributed by atoms with Gasteiger partial charge in [-0.25, -0.2) is 0 Å². The number of hydrogen-bond donors (Lipinski definition) is 1. The van der Waals surface area contributed by atoms with E-state index in [9.17, 15) is 0 Å². The second kappa shape index (κ2) is 5.81. The molecule has 0 bridgehead atoms. The highest BCUT2D eigenvalue weighted by Gasteiger charge is 2.27. The van der Waals surface area contributed by atoms with Crippen molar-refractivity contribution >= 4 is 0 Å². The van der Waals surface area contributed by atoms with Gasteiger partial charge in [-0.05, 0) is 42.6 Å². The predicted octanol–water partition coefficient (Wildman–Crippen LogP) is 2.29. The monoisotopic (exact) mass is 247 g/mol. The van der Waals surface area contributed by atoms with Gasteiger partial charge in [0.1, 0.15) is 0 Å². The molecule has 1 aliphatic rings. The first-order valence-electron chi connectivity index (χ1n) is 6.90. The number of hydrogen-bond acceptors (Lipinski definition) is 3. The van der Waals surface area contributed by atoms with Gasteiger partial charge in [-0.1, -0.05) is 20.8 Å². The molecule has 0 saturated carbocycles. The van der Waals surface area contributed by atoms with Crippen molar-refractivity contribution in [2.24, 2.45) is 5.41 Å². The summed E-state index contributed by atoms with van der Waals surface area (Å²) in [5.41, 5.74) is 1.68. The Morgan fingerprint density at radius 1 is 1.33 bits per heavy atom. The van der Waals surface area contributed by atoms with Gasteiger partial charge in [0, 0.05) is 31.5 Å². The molecule has 0 aliphatic carbocycles. The Hall–Kier alpha value is -0.930. The summed E-state index contributed by atoms with van der Waals surface area (Å²) in [6.45, 7) is 11.4. The maximum Gasteiger partial charge on any atom is 0.0271 e. The van der Waals surface area contributed by atoms with Crippen LogP contribution in [0.3, 0.4) is 0 Å². The van der Waals surface area contributed by atoms with Gasteiger partial charge in [-0.3, -0.25) is 9.88 Å². The van der Waals surface area contributed by atoms with E-state index in [2.05, 4.69) is 48.1 Å². The third-order valence-electron chi connectivity index (χ3n) is 3.68. The predicted molar refractivity (Wildman–Crippen MR) is 75.4 cm³/mol. The number of pyridine rings is 1. The van der Waals surface area contributed by atoms with Crippen LogP contribution in [0.25, 0.3) is 0 Å². The fourth-order valence-electron chi connectivity index (χ4n) is 2.46. The summed E-state index contributed by atoms with van der Waals surface area (Å²) in [4.78, 5) is 6.64. The zero-order valence-corrected chi connectivity index (χ0v) is 11.8. The van der Waals surface area contributed by atoms with Gasteiger partial charge in [0.2, 0.25) is 0 Å². The molecule has 1 unspecified atom stereocenters. The summed E-state index contributed by atoms with van der Waals surface area (Å²) in [7, 11) is 0. The lowest BCUT2D eigenvalue weighted by molar-refractivity contribution is 0.192. The number of aromatic nitrogens is 1. The maximum absolute atomic E-state index is 4.08. The SMILES string of the molecule is CC(C)(C)C1CN(Cc2ccncc2)CCCN1. The van der Waals surface area contributed by atoms with E-state index in [0.717, 1.165) is 19.6 Å². The first kappa shape index (κ1) is 13.5. The quantitative estimate of drug-likeness (QED) is 0.869. The van der Waals surface area contributed by atoms with Crippen molar-refractivity contribution in [2.75, 3.05) is 19.6 Å². The second-order valence-electron chi connectivity index (χ2n) is 6.32. The van der Waals surface area contributed by atoms with Crippen LogP contribution in [0.5, 0.6) is 0 Å². The average molecular weight is 247 g/mol. The molecule has 0 radical (unpaired) electrons. The van der Waals surface area contributed by atoms with E-state index in [-0.39, 0.29) is 0 Å². The van der Waals surface area contributed by atoms with E-state index in [1.807, 2.05) is 12.4 Å². The number of rotatable bonds is 2. The topological polar surface area (TPSA) is 28.2 Å². The molecule has 1 fully saturated rings. The van der Waals surface area contributed by atoms with E-state index >= 15 is 0 Å². The minimum Gasteiger partial charge on any atom is -0.312 e. The molecule has 2 rings (SSSR count). The van der Waals surface area contributed by atoms with Gasteiger partial charge in [0.05, 0.1) is 0 Å². The first-order valence-corrected chi connectivity index (χ1v) is 6.90. The van der Waals surface area contributed by atoms with Crippen LogP contribution in [0.15, 0.2) is 24.5 Å². The Morgan fingerprint density at radius 3 is 2.72 bits per heavy atom. The molecule has 1 aromatic rings. The molecule has 1 N–H and O–H groups in total. The molecule has 3 heteroatoms. The van der Waals surface area contributed by atoms with Crippen LogP contribution >= 0.6 is 0 Å². The molecule has 2 heterocycles. The average Bonchev–Trinajstić information content (AvgIpc) is 2.55. The minimum absolute atomic E-state index is 0.320. The summed E-state index contributed by atoms with van der Waals surface area (Å²) < 4.78 is 0. The van der Waals surface area contributed by atoms with Gasteiger partial charge in [0.15, 0.2) is 0 Å². The van der Waals surface area contributed by atoms with E-state index in [1.165, 1.54) is 18.5 Å². The summed E-state index contributed by atoms with van der Waals surface area (Å²) in [6.07, 6.45) is 5.00. The third kappa shape index (κ3) is 3.79. The highest BCUT2D eigenvalue weighted by molar-refractivity contribution is 5.09. The Labute approximate surface area is 111 Å². The van der Waals surface area contributed by atoms with Crippen LogP contribution in [0, 0.1) is 5.41 Å². The van der Waals surface area contributed by atoms with Crippen LogP contribution in [0.4, 0.5) is 0 Å². The highest BCUT2D eigenvalue weighted by Crippen LogP contribution is 2.22. The lowest BCUT2D eigenvalue weighted by Gasteiger charge is -2.33. The van der Waals surface area contributed by atoms with Gasteiger partial charge < -0.3 is 5.32 Å². The van der Waals surface area contributed by atoms with Crippen LogP contribution in [-0.4, -0.2) is 35.6 Å². The minimum atomic E-state index is 0.320. The molecule has 18 heavy (non-hydrogen) atoms. The molecular weight excluding hydrogens is 222 g/mol. The molecule has 1 aromatic heterocycles. The Morgan fingerprint density at radius 2 is 2.06 bits per heavy atom. The zero-order chi connectivity index (χ0) is 13.0. The van der Waals surface area contributed by atoms with Crippen molar-refractivity contribution < 1.29 is 0 Å². The zero-order valence-electron chi connectivity index (χ0n) is 11.8. The molecular formula is C15H25N3. The first-order chi connectivity index (χ1) is 8.55. The molecule has 0 spiro atoms. The fourth-order valence-corrected chi connectivity index (χ4v) is 2.46. The third-order valence-corrected chi connectivity index (χ3v) is 3.68. The van der Waals surface area contributed by atoms with Gasteiger partial charge in [-0.15, -0.1) is 0 Å². The second-order valence-corrected chi connectivity index (χ2v) is 6.32. The van der Waals surface area contributed by atoms with Crippen LogP contribution in [0.1, 0.15) is 32.8 Å². The largest absolute Gasteiger partial charge is 0.312 e. The lowest BCUT2D eigenvalue weighted by atomic mass is 9.86. The molecule has 3 nitrogen and oxygen atoms in total. The fraction of sp³-hybridized carbons (Fsp3) is 0.667. The van der Waals surface area contributed by atoms with Crippen molar-refractivity contribution in [3.63, 3.8) is 0 Å². The van der Waals surface area contributed by atoms with Gasteiger partial charge >= 0.3 is 0 Å². The Kier molecular flexibility index (Phi) is 4.36. The maximum atomic E-state index is 4.08. The number of nitrogens with one attached hydrogen (secondary N) is 1. The van der Waals surface area contributed by atoms with Crippen LogP contribution < -0.4 is 5.32 Å². The van der Waals surface area contributed by atoms with Crippen molar-refractivity contribution in [1.82, 2.24) is 15.2 Å². The van der Waals surface area contributed by atoms with Crippen molar-refractivity contribution in [2.45, 2.75) is 39.8 Å². The van der Waals surface area contributed by atoms with Gasteiger partial charge in [0.25, 0.3) is 0 Å². The molecule has 1 atom stereocenters. The smallest absolute Gasteiger partial charge is 0.0271 e. The Balaban J connectivity index is 1.99. The Bertz CT molecular complexity index is 356. The summed E-state index contributed by atoms with van der Waals surface area (Å²) in [5, 5.41) is 3.68. The molecule has 1 aliphatic heterocycles.